The van der Waals surface area contributed by atoms with E-state index in [0.29, 0.717) is 5.56 Å². The fourth-order valence-corrected chi connectivity index (χ4v) is 6.55. The summed E-state index contributed by atoms with van der Waals surface area (Å²) in [6.07, 6.45) is 3.71. The molecule has 2 aromatic rings. The van der Waals surface area contributed by atoms with Gasteiger partial charge in [0.15, 0.2) is 0 Å². The van der Waals surface area contributed by atoms with Gasteiger partial charge >= 0.3 is 0 Å². The summed E-state index contributed by atoms with van der Waals surface area (Å²) in [4.78, 5) is 56.4. The molecule has 0 bridgehead atoms. The highest BCUT2D eigenvalue weighted by Crippen LogP contribution is 2.57. The number of hydrogen-bond donors (Lipinski definition) is 0. The predicted octanol–water partition coefficient (Wildman–Crippen LogP) is 4.11. The van der Waals surface area contributed by atoms with Crippen LogP contribution in [-0.2, 0) is 14.3 Å². The van der Waals surface area contributed by atoms with Crippen molar-refractivity contribution in [2.45, 2.75) is 49.9 Å². The number of nitrogens with zero attached hydrogens (tertiary/aromatic N) is 1. The van der Waals surface area contributed by atoms with Gasteiger partial charge in [0.25, 0.3) is 0 Å². The highest BCUT2D eigenvalue weighted by atomic mass is 127. The van der Waals surface area contributed by atoms with Gasteiger partial charge in [0, 0.05) is 20.7 Å². The van der Waals surface area contributed by atoms with Crippen molar-refractivity contribution in [3.8, 4) is 0 Å². The minimum absolute atomic E-state index is 0.173. The van der Waals surface area contributed by atoms with Crippen molar-refractivity contribution < 1.29 is 23.9 Å². The van der Waals surface area contributed by atoms with Crippen LogP contribution in [0.25, 0.3) is 0 Å². The molecule has 1 saturated carbocycles. The van der Waals surface area contributed by atoms with Crippen LogP contribution in [0.5, 0.6) is 0 Å². The lowest BCUT2D eigenvalue weighted by Crippen LogP contribution is -2.52. The van der Waals surface area contributed by atoms with E-state index in [9.17, 15) is 19.2 Å². The van der Waals surface area contributed by atoms with Gasteiger partial charge in [0.05, 0.1) is 17.9 Å². The van der Waals surface area contributed by atoms with Crippen LogP contribution in [0, 0.1) is 15.4 Å². The van der Waals surface area contributed by atoms with Crippen LogP contribution < -0.4 is 0 Å². The van der Waals surface area contributed by atoms with Gasteiger partial charge in [0.2, 0.25) is 29.0 Å². The number of halogens is 1. The van der Waals surface area contributed by atoms with Gasteiger partial charge in [-0.15, -0.1) is 0 Å². The molecule has 4 aliphatic rings. The molecule has 2 aromatic carbocycles. The SMILES string of the molecule is O=C1[C@H]2[C@H](c3ccc(I)cc3)OC3(C(=O)c4ccccc4C3=O)[C@H]2C(=O)N1C1CCCCC1. The van der Waals surface area contributed by atoms with Crippen LogP contribution in [0.3, 0.4) is 0 Å². The normalized spacial score (nSPS) is 28.6. The van der Waals surface area contributed by atoms with E-state index in [4.69, 9.17) is 4.74 Å². The fraction of sp³-hybridized carbons (Fsp3) is 0.385. The molecule has 0 N–H and O–H groups in total. The molecule has 168 valence electrons. The van der Waals surface area contributed by atoms with Crippen LogP contribution in [0.15, 0.2) is 48.5 Å². The molecule has 6 rings (SSSR count). The molecule has 2 aliphatic heterocycles. The molecular formula is C26H22INO5. The van der Waals surface area contributed by atoms with E-state index in [1.54, 1.807) is 24.3 Å². The molecule has 33 heavy (non-hydrogen) atoms. The summed E-state index contributed by atoms with van der Waals surface area (Å²) in [5, 5.41) is 0. The van der Waals surface area contributed by atoms with Gasteiger partial charge in [-0.2, -0.15) is 0 Å². The number of carbonyl (C=O) groups is 4. The molecule has 1 spiro atoms. The second kappa shape index (κ2) is 7.56. The molecule has 0 aromatic heterocycles. The van der Waals surface area contributed by atoms with Crippen LogP contribution in [0.1, 0.15) is 64.5 Å². The number of benzene rings is 2. The number of fused-ring (bicyclic) bond motifs is 3. The summed E-state index contributed by atoms with van der Waals surface area (Å²) in [7, 11) is 0. The molecule has 2 saturated heterocycles. The second-order valence-electron chi connectivity index (χ2n) is 9.37. The topological polar surface area (TPSA) is 80.8 Å². The molecule has 2 aliphatic carbocycles. The van der Waals surface area contributed by atoms with Crippen molar-refractivity contribution in [2.24, 2.45) is 11.8 Å². The van der Waals surface area contributed by atoms with Crippen LogP contribution in [-0.4, -0.2) is 39.9 Å². The van der Waals surface area contributed by atoms with Crippen molar-refractivity contribution >= 4 is 46.0 Å². The Bertz CT molecular complexity index is 1160. The van der Waals surface area contributed by atoms with E-state index in [1.165, 1.54) is 4.90 Å². The molecule has 2 amide bonds. The lowest BCUT2D eigenvalue weighted by atomic mass is 9.77. The summed E-state index contributed by atoms with van der Waals surface area (Å²) in [6.45, 7) is 0. The van der Waals surface area contributed by atoms with E-state index in [0.717, 1.165) is 35.7 Å². The number of Topliss-reactive ketones (excluding diaryl/α,β-unsaturated/α-hetero) is 2. The summed E-state index contributed by atoms with van der Waals surface area (Å²) in [6, 6.07) is 13.9. The smallest absolute Gasteiger partial charge is 0.237 e. The van der Waals surface area contributed by atoms with Crippen LogP contribution in [0.4, 0.5) is 0 Å². The van der Waals surface area contributed by atoms with Crippen molar-refractivity contribution in [2.75, 3.05) is 0 Å². The third-order valence-electron chi connectivity index (χ3n) is 7.69. The molecule has 7 heteroatoms. The summed E-state index contributed by atoms with van der Waals surface area (Å²) >= 11 is 2.19. The number of ether oxygens (including phenoxy) is 1. The highest BCUT2D eigenvalue weighted by molar-refractivity contribution is 14.1. The van der Waals surface area contributed by atoms with Crippen molar-refractivity contribution in [1.82, 2.24) is 4.90 Å². The van der Waals surface area contributed by atoms with E-state index in [2.05, 4.69) is 22.6 Å². The van der Waals surface area contributed by atoms with Gasteiger partial charge in [-0.3, -0.25) is 24.1 Å². The summed E-state index contributed by atoms with van der Waals surface area (Å²) < 4.78 is 7.33. The first-order chi connectivity index (χ1) is 15.9. The molecular weight excluding hydrogens is 533 g/mol. The fourth-order valence-electron chi connectivity index (χ4n) is 6.19. The number of carbonyl (C=O) groups excluding carboxylic acids is 4. The Morgan fingerprint density at radius 3 is 2.03 bits per heavy atom. The lowest BCUT2D eigenvalue weighted by Gasteiger charge is -2.33. The minimum atomic E-state index is -1.97. The van der Waals surface area contributed by atoms with Gasteiger partial charge in [0.1, 0.15) is 0 Å². The molecule has 0 radical (unpaired) electrons. The average molecular weight is 555 g/mol. The summed E-state index contributed by atoms with van der Waals surface area (Å²) in [5.74, 6) is -3.77. The minimum Gasteiger partial charge on any atom is -0.349 e. The third kappa shape index (κ3) is 2.81. The zero-order valence-corrected chi connectivity index (χ0v) is 20.0. The first kappa shape index (κ1) is 21.2. The van der Waals surface area contributed by atoms with Crippen LogP contribution >= 0.6 is 22.6 Å². The Morgan fingerprint density at radius 1 is 0.818 bits per heavy atom. The maximum Gasteiger partial charge on any atom is 0.237 e. The van der Waals surface area contributed by atoms with E-state index in [-0.39, 0.29) is 23.1 Å². The second-order valence-corrected chi connectivity index (χ2v) is 10.6. The molecule has 0 unspecified atom stereocenters. The number of imide groups is 1. The Hall–Kier alpha value is -2.39. The van der Waals surface area contributed by atoms with Gasteiger partial charge < -0.3 is 4.74 Å². The van der Waals surface area contributed by atoms with Crippen molar-refractivity contribution in [1.29, 1.82) is 0 Å². The van der Waals surface area contributed by atoms with Crippen molar-refractivity contribution in [3.05, 3.63) is 68.8 Å². The Balaban J connectivity index is 1.50. The standard InChI is InChI=1S/C26H22INO5/c27-15-12-10-14(11-13-15)21-19-20(25(32)28(24(19)31)16-6-2-1-3-7-16)26(33-21)22(29)17-8-4-5-9-18(17)23(26)30/h4-5,8-13,16,19-21H,1-3,6-7H2/t19-,20-,21+/m1/s1. The van der Waals surface area contributed by atoms with Gasteiger partial charge in [-0.1, -0.05) is 55.7 Å². The monoisotopic (exact) mass is 555 g/mol. The van der Waals surface area contributed by atoms with Gasteiger partial charge in [-0.05, 0) is 53.1 Å². The lowest BCUT2D eigenvalue weighted by molar-refractivity contribution is -0.148. The number of amides is 2. The molecule has 3 fully saturated rings. The summed E-state index contributed by atoms with van der Waals surface area (Å²) in [5.41, 5.74) is -0.745. The van der Waals surface area contributed by atoms with E-state index >= 15 is 0 Å². The Morgan fingerprint density at radius 2 is 1.42 bits per heavy atom. The first-order valence-electron chi connectivity index (χ1n) is 11.4. The highest BCUT2D eigenvalue weighted by Gasteiger charge is 2.75. The maximum atomic E-state index is 13.9. The zero-order valence-electron chi connectivity index (χ0n) is 17.8. The number of hydrogen-bond acceptors (Lipinski definition) is 5. The number of ketones is 2. The van der Waals surface area contributed by atoms with Crippen LogP contribution in [0.2, 0.25) is 0 Å². The largest absolute Gasteiger partial charge is 0.349 e. The number of rotatable bonds is 2. The molecule has 2 heterocycles. The maximum absolute atomic E-state index is 13.9. The first-order valence-corrected chi connectivity index (χ1v) is 12.5. The number of likely N-dealkylation sites (tertiary alicyclic amines) is 1. The van der Waals surface area contributed by atoms with E-state index < -0.39 is 41.0 Å². The third-order valence-corrected chi connectivity index (χ3v) is 8.41. The molecule has 6 nitrogen and oxygen atoms in total. The van der Waals surface area contributed by atoms with Gasteiger partial charge in [-0.25, -0.2) is 0 Å². The quantitative estimate of drug-likeness (QED) is 0.317. The zero-order chi connectivity index (χ0) is 22.9. The average Bonchev–Trinajstić information content (AvgIpc) is 3.40. The molecule has 3 atom stereocenters. The predicted molar refractivity (Wildman–Crippen MR) is 127 cm³/mol. The van der Waals surface area contributed by atoms with Crippen molar-refractivity contribution in [3.63, 3.8) is 0 Å². The Labute approximate surface area is 204 Å². The Kier molecular flexibility index (Phi) is 4.85. The van der Waals surface area contributed by atoms with E-state index in [1.807, 2.05) is 24.3 Å².